The van der Waals surface area contributed by atoms with Gasteiger partial charge in [0.1, 0.15) is 5.69 Å². The van der Waals surface area contributed by atoms with Crippen molar-refractivity contribution in [3.63, 3.8) is 0 Å². The summed E-state index contributed by atoms with van der Waals surface area (Å²) >= 11 is 0. The third-order valence-electron chi connectivity index (χ3n) is 3.29. The number of nitrogens with one attached hydrogen (secondary N) is 2. The van der Waals surface area contributed by atoms with Crippen LogP contribution in [0.15, 0.2) is 42.7 Å². The second kappa shape index (κ2) is 5.32. The van der Waals surface area contributed by atoms with Gasteiger partial charge in [-0.1, -0.05) is 0 Å². The van der Waals surface area contributed by atoms with E-state index in [9.17, 15) is 4.79 Å². The molecule has 1 atom stereocenters. The first-order valence-electron chi connectivity index (χ1n) is 6.78. The van der Waals surface area contributed by atoms with Crippen LogP contribution in [0, 0.1) is 0 Å². The number of carbonyl (C=O) groups excluding carboxylic acids is 1. The Morgan fingerprint density at radius 1 is 1.48 bits per heavy atom. The summed E-state index contributed by atoms with van der Waals surface area (Å²) in [6.07, 6.45) is 3.59. The van der Waals surface area contributed by atoms with Crippen LogP contribution in [0.25, 0.3) is 10.9 Å². The molecule has 1 unspecified atom stereocenters. The van der Waals surface area contributed by atoms with E-state index >= 15 is 0 Å². The molecule has 1 amide bonds. The lowest BCUT2D eigenvalue weighted by Gasteiger charge is -2.13. The molecule has 0 aliphatic carbocycles. The van der Waals surface area contributed by atoms with E-state index in [1.165, 1.54) is 0 Å². The average Bonchev–Trinajstić information content (AvgIpc) is 3.06. The summed E-state index contributed by atoms with van der Waals surface area (Å²) in [5.41, 5.74) is 7.85. The van der Waals surface area contributed by atoms with Gasteiger partial charge in [0.25, 0.3) is 5.91 Å². The topological polar surface area (TPSA) is 88.7 Å². The highest BCUT2D eigenvalue weighted by Crippen LogP contribution is 2.18. The van der Waals surface area contributed by atoms with Crippen molar-refractivity contribution in [2.45, 2.75) is 19.5 Å². The number of H-pyrrole nitrogens is 1. The number of anilines is 1. The van der Waals surface area contributed by atoms with Gasteiger partial charge in [-0.05, 0) is 37.3 Å². The molecule has 4 N–H and O–H groups in total. The maximum absolute atomic E-state index is 12.2. The van der Waals surface area contributed by atoms with Gasteiger partial charge in [0, 0.05) is 35.0 Å². The molecule has 0 aliphatic heterocycles. The monoisotopic (exact) mass is 283 g/mol. The summed E-state index contributed by atoms with van der Waals surface area (Å²) in [5, 5.41) is 8.00. The summed E-state index contributed by atoms with van der Waals surface area (Å²) in [6.45, 7) is 2.58. The van der Waals surface area contributed by atoms with Gasteiger partial charge in [0.2, 0.25) is 0 Å². The standard InChI is InChI=1S/C15H17N5O/c1-10(9-20-6-2-5-17-20)18-15(21)14-8-11-7-12(16)3-4-13(11)19-14/h2-8,10,19H,9,16H2,1H3,(H,18,21). The molecule has 0 aliphatic rings. The second-order valence-electron chi connectivity index (χ2n) is 5.13. The number of amides is 1. The van der Waals surface area contributed by atoms with Crippen LogP contribution in [0.4, 0.5) is 5.69 Å². The molecule has 6 nitrogen and oxygen atoms in total. The van der Waals surface area contributed by atoms with Crippen LogP contribution in [0.2, 0.25) is 0 Å². The molecule has 0 saturated heterocycles. The molecule has 0 fully saturated rings. The first kappa shape index (κ1) is 13.2. The second-order valence-corrected chi connectivity index (χ2v) is 5.13. The number of carbonyl (C=O) groups is 1. The van der Waals surface area contributed by atoms with Crippen LogP contribution in [-0.2, 0) is 6.54 Å². The molecule has 21 heavy (non-hydrogen) atoms. The SMILES string of the molecule is CC(Cn1cccn1)NC(=O)c1cc2cc(N)ccc2[nH]1. The third kappa shape index (κ3) is 2.89. The molecule has 3 rings (SSSR count). The summed E-state index contributed by atoms with van der Waals surface area (Å²) < 4.78 is 1.79. The highest BCUT2D eigenvalue weighted by Gasteiger charge is 2.13. The number of fused-ring (bicyclic) bond motifs is 1. The maximum Gasteiger partial charge on any atom is 0.267 e. The molecule has 108 valence electrons. The highest BCUT2D eigenvalue weighted by atomic mass is 16.1. The summed E-state index contributed by atoms with van der Waals surface area (Å²) in [5.74, 6) is -0.135. The zero-order valence-corrected chi connectivity index (χ0v) is 11.7. The minimum absolute atomic E-state index is 0.0196. The number of aromatic amines is 1. The Morgan fingerprint density at radius 2 is 2.33 bits per heavy atom. The molecule has 0 bridgehead atoms. The van der Waals surface area contributed by atoms with Crippen LogP contribution in [0.3, 0.4) is 0 Å². The number of benzene rings is 1. The van der Waals surface area contributed by atoms with Crippen molar-refractivity contribution < 1.29 is 4.79 Å². The molecule has 2 heterocycles. The molecule has 0 spiro atoms. The number of nitrogens with zero attached hydrogens (tertiary/aromatic N) is 2. The minimum Gasteiger partial charge on any atom is -0.399 e. The van der Waals surface area contributed by atoms with E-state index in [2.05, 4.69) is 15.4 Å². The van der Waals surface area contributed by atoms with Gasteiger partial charge < -0.3 is 16.0 Å². The molecule has 0 radical (unpaired) electrons. The summed E-state index contributed by atoms with van der Waals surface area (Å²) in [6, 6.07) is 9.16. The van der Waals surface area contributed by atoms with Crippen molar-refractivity contribution >= 4 is 22.5 Å². The van der Waals surface area contributed by atoms with E-state index in [4.69, 9.17) is 5.73 Å². The average molecular weight is 283 g/mol. The largest absolute Gasteiger partial charge is 0.399 e. The van der Waals surface area contributed by atoms with Crippen molar-refractivity contribution in [2.24, 2.45) is 0 Å². The van der Waals surface area contributed by atoms with E-state index in [1.54, 1.807) is 16.9 Å². The maximum atomic E-state index is 12.2. The summed E-state index contributed by atoms with van der Waals surface area (Å²) in [7, 11) is 0. The summed E-state index contributed by atoms with van der Waals surface area (Å²) in [4.78, 5) is 15.3. The van der Waals surface area contributed by atoms with Gasteiger partial charge in [-0.2, -0.15) is 5.10 Å². The molecular weight excluding hydrogens is 266 g/mol. The lowest BCUT2D eigenvalue weighted by molar-refractivity contribution is 0.0932. The fourth-order valence-corrected chi connectivity index (χ4v) is 2.31. The Kier molecular flexibility index (Phi) is 3.35. The zero-order valence-electron chi connectivity index (χ0n) is 11.7. The molecule has 3 aromatic rings. The molecule has 0 saturated carbocycles. The fraction of sp³-hybridized carbons (Fsp3) is 0.200. The number of aromatic nitrogens is 3. The Labute approximate surface area is 121 Å². The van der Waals surface area contributed by atoms with Gasteiger partial charge >= 0.3 is 0 Å². The van der Waals surface area contributed by atoms with Gasteiger partial charge in [-0.3, -0.25) is 9.48 Å². The Morgan fingerprint density at radius 3 is 3.10 bits per heavy atom. The van der Waals surface area contributed by atoms with Gasteiger partial charge in [0.15, 0.2) is 0 Å². The number of nitrogen functional groups attached to an aromatic ring is 1. The van der Waals surface area contributed by atoms with Crippen molar-refractivity contribution in [2.75, 3.05) is 5.73 Å². The molecule has 1 aromatic carbocycles. The van der Waals surface area contributed by atoms with Crippen LogP contribution < -0.4 is 11.1 Å². The quantitative estimate of drug-likeness (QED) is 0.637. The highest BCUT2D eigenvalue weighted by molar-refractivity contribution is 5.98. The Balaban J connectivity index is 1.71. The lowest BCUT2D eigenvalue weighted by Crippen LogP contribution is -2.35. The number of rotatable bonds is 4. The predicted molar refractivity (Wildman–Crippen MR) is 81.9 cm³/mol. The van der Waals surface area contributed by atoms with E-state index in [0.29, 0.717) is 17.9 Å². The van der Waals surface area contributed by atoms with Crippen molar-refractivity contribution in [3.8, 4) is 0 Å². The Hall–Kier alpha value is -2.76. The molecule has 2 aromatic heterocycles. The van der Waals surface area contributed by atoms with Gasteiger partial charge in [0.05, 0.1) is 6.54 Å². The first-order valence-corrected chi connectivity index (χ1v) is 6.78. The number of hydrogen-bond donors (Lipinski definition) is 3. The van der Waals surface area contributed by atoms with Gasteiger partial charge in [-0.25, -0.2) is 0 Å². The van der Waals surface area contributed by atoms with Crippen LogP contribution in [0.5, 0.6) is 0 Å². The van der Waals surface area contributed by atoms with Crippen molar-refractivity contribution in [1.82, 2.24) is 20.1 Å². The first-order chi connectivity index (χ1) is 10.1. The van der Waals surface area contributed by atoms with Crippen LogP contribution >= 0.6 is 0 Å². The van der Waals surface area contributed by atoms with E-state index < -0.39 is 0 Å². The van der Waals surface area contributed by atoms with Crippen molar-refractivity contribution in [1.29, 1.82) is 0 Å². The fourth-order valence-electron chi connectivity index (χ4n) is 2.31. The minimum atomic E-state index is -0.135. The number of hydrogen-bond acceptors (Lipinski definition) is 3. The predicted octanol–water partition coefficient (Wildman–Crippen LogP) is 1.77. The van der Waals surface area contributed by atoms with Crippen LogP contribution in [-0.4, -0.2) is 26.7 Å². The smallest absolute Gasteiger partial charge is 0.267 e. The van der Waals surface area contributed by atoms with E-state index in [0.717, 1.165) is 10.9 Å². The molecular formula is C15H17N5O. The van der Waals surface area contributed by atoms with E-state index in [-0.39, 0.29) is 11.9 Å². The third-order valence-corrected chi connectivity index (χ3v) is 3.29. The lowest BCUT2D eigenvalue weighted by atomic mass is 10.2. The van der Waals surface area contributed by atoms with Gasteiger partial charge in [-0.15, -0.1) is 0 Å². The molecule has 6 heteroatoms. The van der Waals surface area contributed by atoms with E-state index in [1.807, 2.05) is 37.4 Å². The Bertz CT molecular complexity index is 760. The van der Waals surface area contributed by atoms with Crippen molar-refractivity contribution in [3.05, 3.63) is 48.4 Å². The van der Waals surface area contributed by atoms with Crippen LogP contribution in [0.1, 0.15) is 17.4 Å². The zero-order chi connectivity index (χ0) is 14.8. The normalized spacial score (nSPS) is 12.4. The number of nitrogens with two attached hydrogens (primary N) is 1.